The van der Waals surface area contributed by atoms with Gasteiger partial charge in [0.2, 0.25) is 5.91 Å². The number of carbonyl (C=O) groups excluding carboxylic acids is 1. The second-order valence-electron chi connectivity index (χ2n) is 6.56. The lowest BCUT2D eigenvalue weighted by atomic mass is 10.0. The van der Waals surface area contributed by atoms with Crippen molar-refractivity contribution in [1.29, 1.82) is 0 Å². The maximum atomic E-state index is 12.5. The number of morpholine rings is 1. The van der Waals surface area contributed by atoms with Crippen LogP contribution in [0.4, 0.5) is 5.13 Å². The number of benzene rings is 1. The molecule has 2 unspecified atom stereocenters. The number of nitrogens with zero attached hydrogens (tertiary/aromatic N) is 2. The molecule has 2 aromatic rings. The molecule has 2 atom stereocenters. The lowest BCUT2D eigenvalue weighted by Gasteiger charge is -2.25. The van der Waals surface area contributed by atoms with Crippen LogP contribution in [0, 0.1) is 0 Å². The summed E-state index contributed by atoms with van der Waals surface area (Å²) in [7, 11) is 0. The summed E-state index contributed by atoms with van der Waals surface area (Å²) < 4.78 is 5.36. The molecule has 7 nitrogen and oxygen atoms in total. The van der Waals surface area contributed by atoms with E-state index in [2.05, 4.69) is 38.2 Å². The molecule has 0 radical (unpaired) electrons. The molecule has 2 saturated heterocycles. The van der Waals surface area contributed by atoms with Crippen LogP contribution in [-0.4, -0.2) is 48.1 Å². The molecule has 2 aliphatic heterocycles. The highest BCUT2D eigenvalue weighted by Crippen LogP contribution is 2.23. The molecule has 8 heteroatoms. The van der Waals surface area contributed by atoms with Crippen LogP contribution in [0.3, 0.4) is 0 Å². The maximum Gasteiger partial charge on any atom is 0.244 e. The fraction of sp³-hybridized carbons (Fsp3) is 0.444. The van der Waals surface area contributed by atoms with Crippen molar-refractivity contribution in [2.75, 3.05) is 31.6 Å². The van der Waals surface area contributed by atoms with E-state index in [0.717, 1.165) is 38.5 Å². The van der Waals surface area contributed by atoms with Crippen LogP contribution in [0.2, 0.25) is 0 Å². The largest absolute Gasteiger partial charge is 0.379 e. The van der Waals surface area contributed by atoms with Gasteiger partial charge in [0.1, 0.15) is 6.04 Å². The lowest BCUT2D eigenvalue weighted by Crippen LogP contribution is -2.39. The molecule has 0 saturated carbocycles. The number of hydrogen-bond acceptors (Lipinski definition) is 7. The van der Waals surface area contributed by atoms with Gasteiger partial charge in [-0.05, 0) is 12.0 Å². The summed E-state index contributed by atoms with van der Waals surface area (Å²) in [5.41, 5.74) is 8.46. The van der Waals surface area contributed by atoms with Crippen LogP contribution in [0.1, 0.15) is 23.7 Å². The van der Waals surface area contributed by atoms with Crippen LogP contribution in [-0.2, 0) is 16.1 Å². The second-order valence-corrected chi connectivity index (χ2v) is 7.42. The molecule has 3 heterocycles. The molecule has 0 spiro atoms. The molecule has 1 aromatic carbocycles. The first-order valence-corrected chi connectivity index (χ1v) is 9.77. The Bertz CT molecular complexity index is 732. The van der Waals surface area contributed by atoms with Gasteiger partial charge in [0.25, 0.3) is 0 Å². The number of carbonyl (C=O) groups is 1. The van der Waals surface area contributed by atoms with E-state index in [1.807, 2.05) is 23.6 Å². The van der Waals surface area contributed by atoms with Gasteiger partial charge in [-0.1, -0.05) is 30.3 Å². The maximum absolute atomic E-state index is 12.5. The van der Waals surface area contributed by atoms with Crippen LogP contribution < -0.4 is 16.2 Å². The standard InChI is InChI=1S/C18H23N5O2S/c24-17(16-10-15(21-22-16)13-4-2-1-3-5-13)20-18-19-14(12-26-18)11-23-6-8-25-9-7-23/h1-5,12,15-16,21-22H,6-11H2,(H,19,20,24). The number of anilines is 1. The van der Waals surface area contributed by atoms with Gasteiger partial charge in [-0.25, -0.2) is 15.8 Å². The smallest absolute Gasteiger partial charge is 0.244 e. The third-order valence-corrected chi connectivity index (χ3v) is 5.50. The summed E-state index contributed by atoms with van der Waals surface area (Å²) in [5.74, 6) is -0.0526. The van der Waals surface area contributed by atoms with E-state index in [1.54, 1.807) is 0 Å². The van der Waals surface area contributed by atoms with E-state index >= 15 is 0 Å². The zero-order valence-corrected chi connectivity index (χ0v) is 15.3. The molecule has 0 bridgehead atoms. The number of nitrogens with one attached hydrogen (secondary N) is 3. The second kappa shape index (κ2) is 8.24. The third-order valence-electron chi connectivity index (χ3n) is 4.69. The van der Waals surface area contributed by atoms with Gasteiger partial charge in [-0.2, -0.15) is 0 Å². The molecular weight excluding hydrogens is 350 g/mol. The number of amides is 1. The Morgan fingerprint density at radius 3 is 2.88 bits per heavy atom. The normalized spacial score (nSPS) is 23.8. The molecule has 2 aliphatic rings. The van der Waals surface area contributed by atoms with E-state index in [1.165, 1.54) is 16.9 Å². The highest BCUT2D eigenvalue weighted by atomic mass is 32.1. The van der Waals surface area contributed by atoms with Gasteiger partial charge >= 0.3 is 0 Å². The van der Waals surface area contributed by atoms with E-state index in [0.29, 0.717) is 11.6 Å². The van der Waals surface area contributed by atoms with E-state index in [4.69, 9.17) is 4.74 Å². The fourth-order valence-corrected chi connectivity index (χ4v) is 3.95. The predicted molar refractivity (Wildman–Crippen MR) is 101 cm³/mol. The van der Waals surface area contributed by atoms with Crippen molar-refractivity contribution in [2.24, 2.45) is 0 Å². The molecular formula is C18H23N5O2S. The minimum Gasteiger partial charge on any atom is -0.379 e. The number of thiazole rings is 1. The average Bonchev–Trinajstić information content (AvgIpc) is 3.33. The number of hydrazine groups is 1. The molecule has 4 rings (SSSR count). The average molecular weight is 373 g/mol. The van der Waals surface area contributed by atoms with Gasteiger partial charge in [0.15, 0.2) is 5.13 Å². The van der Waals surface area contributed by atoms with E-state index in [-0.39, 0.29) is 18.0 Å². The fourth-order valence-electron chi connectivity index (χ4n) is 3.25. The lowest BCUT2D eigenvalue weighted by molar-refractivity contribution is -0.117. The Morgan fingerprint density at radius 1 is 1.27 bits per heavy atom. The zero-order valence-electron chi connectivity index (χ0n) is 14.5. The van der Waals surface area contributed by atoms with Gasteiger partial charge in [-0.15, -0.1) is 11.3 Å². The summed E-state index contributed by atoms with van der Waals surface area (Å²) in [6.07, 6.45) is 0.710. The van der Waals surface area contributed by atoms with Gasteiger partial charge < -0.3 is 10.1 Å². The van der Waals surface area contributed by atoms with Crippen molar-refractivity contribution in [1.82, 2.24) is 20.7 Å². The Morgan fingerprint density at radius 2 is 2.08 bits per heavy atom. The number of aromatic nitrogens is 1. The predicted octanol–water partition coefficient (Wildman–Crippen LogP) is 1.52. The van der Waals surface area contributed by atoms with Crippen molar-refractivity contribution < 1.29 is 9.53 Å². The first kappa shape index (κ1) is 17.6. The first-order valence-electron chi connectivity index (χ1n) is 8.89. The Kier molecular flexibility index (Phi) is 5.57. The summed E-state index contributed by atoms with van der Waals surface area (Å²) in [5, 5.41) is 5.60. The minimum absolute atomic E-state index is 0.0526. The Hall–Kier alpha value is -1.84. The van der Waals surface area contributed by atoms with Crippen molar-refractivity contribution >= 4 is 22.4 Å². The van der Waals surface area contributed by atoms with Crippen LogP contribution in [0.5, 0.6) is 0 Å². The summed E-state index contributed by atoms with van der Waals surface area (Å²) >= 11 is 1.47. The van der Waals surface area contributed by atoms with E-state index < -0.39 is 0 Å². The van der Waals surface area contributed by atoms with Crippen molar-refractivity contribution in [3.05, 3.63) is 47.0 Å². The summed E-state index contributed by atoms with van der Waals surface area (Å²) in [6, 6.07) is 10.0. The number of ether oxygens (including phenoxy) is 1. The SMILES string of the molecule is O=C(Nc1nc(CN2CCOCC2)cs1)C1CC(c2ccccc2)NN1. The van der Waals surface area contributed by atoms with Crippen molar-refractivity contribution in [3.8, 4) is 0 Å². The monoisotopic (exact) mass is 373 g/mol. The van der Waals surface area contributed by atoms with Crippen LogP contribution >= 0.6 is 11.3 Å². The number of hydrogen-bond donors (Lipinski definition) is 3. The molecule has 3 N–H and O–H groups in total. The number of rotatable bonds is 5. The molecule has 2 fully saturated rings. The quantitative estimate of drug-likeness (QED) is 0.738. The zero-order chi connectivity index (χ0) is 17.8. The highest BCUT2D eigenvalue weighted by molar-refractivity contribution is 7.13. The third kappa shape index (κ3) is 4.28. The van der Waals surface area contributed by atoms with Gasteiger partial charge in [0, 0.05) is 31.1 Å². The Labute approximate surface area is 156 Å². The van der Waals surface area contributed by atoms with Crippen LogP contribution in [0.25, 0.3) is 0 Å². The van der Waals surface area contributed by atoms with Gasteiger partial charge in [0.05, 0.1) is 18.9 Å². The van der Waals surface area contributed by atoms with Crippen molar-refractivity contribution in [3.63, 3.8) is 0 Å². The molecule has 1 amide bonds. The van der Waals surface area contributed by atoms with Crippen molar-refractivity contribution in [2.45, 2.75) is 25.0 Å². The summed E-state index contributed by atoms with van der Waals surface area (Å²) in [4.78, 5) is 19.4. The first-order chi connectivity index (χ1) is 12.8. The van der Waals surface area contributed by atoms with Gasteiger partial charge in [-0.3, -0.25) is 9.69 Å². The molecule has 26 heavy (non-hydrogen) atoms. The van der Waals surface area contributed by atoms with E-state index in [9.17, 15) is 4.79 Å². The minimum atomic E-state index is -0.271. The van der Waals surface area contributed by atoms with Crippen LogP contribution in [0.15, 0.2) is 35.7 Å². The molecule has 138 valence electrons. The molecule has 1 aromatic heterocycles. The Balaban J connectivity index is 1.30. The molecule has 0 aliphatic carbocycles. The summed E-state index contributed by atoms with van der Waals surface area (Å²) in [6.45, 7) is 4.21. The highest BCUT2D eigenvalue weighted by Gasteiger charge is 2.30. The topological polar surface area (TPSA) is 78.5 Å².